The minimum atomic E-state index is 0.333. The molecular weight excluding hydrogens is 214 g/mol. The highest BCUT2D eigenvalue weighted by atomic mass is 16.3. The lowest BCUT2D eigenvalue weighted by Crippen LogP contribution is -2.40. The van der Waals surface area contributed by atoms with Gasteiger partial charge in [0.25, 0.3) is 0 Å². The number of hydrogen-bond acceptors (Lipinski definition) is 3. The lowest BCUT2D eigenvalue weighted by atomic mass is 9.85. The van der Waals surface area contributed by atoms with E-state index in [9.17, 15) is 5.11 Å². The molecule has 0 saturated heterocycles. The first-order valence-corrected chi connectivity index (χ1v) is 6.70. The van der Waals surface area contributed by atoms with Gasteiger partial charge in [0, 0.05) is 31.6 Å². The number of imidazole rings is 1. The Morgan fingerprint density at radius 1 is 1.35 bits per heavy atom. The third-order valence-corrected chi connectivity index (χ3v) is 3.70. The molecule has 0 amide bonds. The zero-order valence-corrected chi connectivity index (χ0v) is 10.4. The van der Waals surface area contributed by atoms with E-state index < -0.39 is 0 Å². The molecule has 0 aliphatic heterocycles. The van der Waals surface area contributed by atoms with Crippen molar-refractivity contribution in [3.63, 3.8) is 0 Å². The average molecular weight is 237 g/mol. The van der Waals surface area contributed by atoms with E-state index in [1.54, 1.807) is 0 Å². The highest BCUT2D eigenvalue weighted by Gasteiger charge is 2.23. The zero-order chi connectivity index (χ0) is 11.9. The molecule has 1 aliphatic carbocycles. The average Bonchev–Trinajstić information content (AvgIpc) is 2.88. The number of hydrogen-bond donors (Lipinski definition) is 2. The van der Waals surface area contributed by atoms with E-state index in [0.29, 0.717) is 18.6 Å². The van der Waals surface area contributed by atoms with Gasteiger partial charge in [0.15, 0.2) is 0 Å². The Morgan fingerprint density at radius 2 is 2.24 bits per heavy atom. The molecule has 2 rings (SSSR count). The second-order valence-corrected chi connectivity index (χ2v) is 4.94. The van der Waals surface area contributed by atoms with Gasteiger partial charge in [0.2, 0.25) is 0 Å². The molecule has 0 spiro atoms. The van der Waals surface area contributed by atoms with Crippen LogP contribution in [0.25, 0.3) is 0 Å². The van der Waals surface area contributed by atoms with Crippen LogP contribution in [0.15, 0.2) is 18.7 Å². The van der Waals surface area contributed by atoms with Gasteiger partial charge in [0.05, 0.1) is 6.33 Å². The second kappa shape index (κ2) is 6.77. The molecule has 1 aromatic heterocycles. The van der Waals surface area contributed by atoms with Crippen LogP contribution in [0.3, 0.4) is 0 Å². The summed E-state index contributed by atoms with van der Waals surface area (Å²) in [4.78, 5) is 4.03. The molecular formula is C13H23N3O. The van der Waals surface area contributed by atoms with Crippen molar-refractivity contribution < 1.29 is 5.11 Å². The predicted octanol–water partition coefficient (Wildman–Crippen LogP) is 1.41. The number of aromatic nitrogens is 2. The summed E-state index contributed by atoms with van der Waals surface area (Å²) < 4.78 is 2.10. The maximum absolute atomic E-state index is 9.32. The van der Waals surface area contributed by atoms with Crippen molar-refractivity contribution in [1.29, 1.82) is 0 Å². The number of aliphatic hydroxyl groups is 1. The van der Waals surface area contributed by atoms with Crippen molar-refractivity contribution in [1.82, 2.24) is 14.9 Å². The van der Waals surface area contributed by atoms with E-state index in [-0.39, 0.29) is 0 Å². The molecule has 1 heterocycles. The molecule has 2 atom stereocenters. The number of nitrogens with zero attached hydrogens (tertiary/aromatic N) is 2. The van der Waals surface area contributed by atoms with Gasteiger partial charge in [-0.15, -0.1) is 0 Å². The largest absolute Gasteiger partial charge is 0.396 e. The number of nitrogens with one attached hydrogen (secondary N) is 1. The topological polar surface area (TPSA) is 50.1 Å². The van der Waals surface area contributed by atoms with Gasteiger partial charge in [-0.1, -0.05) is 12.8 Å². The molecule has 1 fully saturated rings. The van der Waals surface area contributed by atoms with Gasteiger partial charge in [-0.3, -0.25) is 0 Å². The normalized spacial score (nSPS) is 25.0. The van der Waals surface area contributed by atoms with Gasteiger partial charge in [-0.25, -0.2) is 4.98 Å². The van der Waals surface area contributed by atoms with E-state index in [1.807, 2.05) is 18.7 Å². The van der Waals surface area contributed by atoms with Crippen molar-refractivity contribution >= 4 is 0 Å². The summed E-state index contributed by atoms with van der Waals surface area (Å²) in [6, 6.07) is 0.525. The number of aryl methyl sites for hydroxylation is 1. The Kier molecular flexibility index (Phi) is 5.01. The van der Waals surface area contributed by atoms with Crippen LogP contribution in [0, 0.1) is 5.92 Å². The molecule has 96 valence electrons. The Balaban J connectivity index is 1.63. The van der Waals surface area contributed by atoms with Crippen LogP contribution in [0.4, 0.5) is 0 Å². The first-order chi connectivity index (χ1) is 8.40. The molecule has 1 aliphatic rings. The molecule has 4 heteroatoms. The van der Waals surface area contributed by atoms with Crippen molar-refractivity contribution in [2.24, 2.45) is 5.92 Å². The SMILES string of the molecule is OC[C@@H]1CCCC[C@H]1NCCCn1ccnc1. The van der Waals surface area contributed by atoms with Crippen LogP contribution in [-0.2, 0) is 6.54 Å². The van der Waals surface area contributed by atoms with Gasteiger partial charge in [-0.2, -0.15) is 0 Å². The molecule has 1 saturated carbocycles. The smallest absolute Gasteiger partial charge is 0.0945 e. The van der Waals surface area contributed by atoms with Crippen LogP contribution >= 0.6 is 0 Å². The summed E-state index contributed by atoms with van der Waals surface area (Å²) in [5.41, 5.74) is 0. The zero-order valence-electron chi connectivity index (χ0n) is 10.4. The highest BCUT2D eigenvalue weighted by molar-refractivity contribution is 4.80. The van der Waals surface area contributed by atoms with E-state index in [2.05, 4.69) is 14.9 Å². The van der Waals surface area contributed by atoms with E-state index in [1.165, 1.54) is 25.7 Å². The monoisotopic (exact) mass is 237 g/mol. The molecule has 0 radical (unpaired) electrons. The van der Waals surface area contributed by atoms with Crippen LogP contribution < -0.4 is 5.32 Å². The minimum Gasteiger partial charge on any atom is -0.396 e. The van der Waals surface area contributed by atoms with E-state index in [4.69, 9.17) is 0 Å². The van der Waals surface area contributed by atoms with Crippen LogP contribution in [-0.4, -0.2) is 33.9 Å². The molecule has 0 aromatic carbocycles. The standard InChI is InChI=1S/C13H23N3O/c17-10-12-4-1-2-5-13(12)15-6-3-8-16-9-7-14-11-16/h7,9,11-13,15,17H,1-6,8,10H2/t12-,13+/m0/s1. The summed E-state index contributed by atoms with van der Waals surface area (Å²) in [6.07, 6.45) is 11.8. The highest BCUT2D eigenvalue weighted by Crippen LogP contribution is 2.23. The van der Waals surface area contributed by atoms with Gasteiger partial charge in [-0.05, 0) is 31.7 Å². The summed E-state index contributed by atoms with van der Waals surface area (Å²) in [6.45, 7) is 2.38. The van der Waals surface area contributed by atoms with E-state index in [0.717, 1.165) is 19.5 Å². The van der Waals surface area contributed by atoms with E-state index >= 15 is 0 Å². The third-order valence-electron chi connectivity index (χ3n) is 3.70. The minimum absolute atomic E-state index is 0.333. The number of aliphatic hydroxyl groups excluding tert-OH is 1. The first-order valence-electron chi connectivity index (χ1n) is 6.70. The summed E-state index contributed by atoms with van der Waals surface area (Å²) in [5, 5.41) is 12.9. The predicted molar refractivity (Wildman–Crippen MR) is 67.7 cm³/mol. The summed E-state index contributed by atoms with van der Waals surface area (Å²) in [7, 11) is 0. The molecule has 17 heavy (non-hydrogen) atoms. The third kappa shape index (κ3) is 3.82. The second-order valence-electron chi connectivity index (χ2n) is 4.94. The first kappa shape index (κ1) is 12.6. The lowest BCUT2D eigenvalue weighted by molar-refractivity contribution is 0.153. The van der Waals surface area contributed by atoms with Crippen LogP contribution in [0.2, 0.25) is 0 Å². The molecule has 1 aromatic rings. The van der Waals surface area contributed by atoms with Crippen molar-refractivity contribution in [3.8, 4) is 0 Å². The molecule has 2 N–H and O–H groups in total. The molecule has 0 bridgehead atoms. The Hall–Kier alpha value is -0.870. The fourth-order valence-electron chi connectivity index (χ4n) is 2.66. The fourth-order valence-corrected chi connectivity index (χ4v) is 2.66. The summed E-state index contributed by atoms with van der Waals surface area (Å²) >= 11 is 0. The number of rotatable bonds is 6. The van der Waals surface area contributed by atoms with Crippen molar-refractivity contribution in [2.45, 2.75) is 44.7 Å². The van der Waals surface area contributed by atoms with Crippen LogP contribution in [0.5, 0.6) is 0 Å². The Labute approximate surface area is 103 Å². The Bertz CT molecular complexity index is 300. The molecule has 0 unspecified atom stereocenters. The quantitative estimate of drug-likeness (QED) is 0.736. The summed E-state index contributed by atoms with van der Waals surface area (Å²) in [5.74, 6) is 0.469. The lowest BCUT2D eigenvalue weighted by Gasteiger charge is -2.31. The van der Waals surface area contributed by atoms with Crippen molar-refractivity contribution in [2.75, 3.05) is 13.2 Å². The van der Waals surface area contributed by atoms with Crippen LogP contribution in [0.1, 0.15) is 32.1 Å². The van der Waals surface area contributed by atoms with Gasteiger partial charge >= 0.3 is 0 Å². The molecule has 4 nitrogen and oxygen atoms in total. The fraction of sp³-hybridized carbons (Fsp3) is 0.769. The van der Waals surface area contributed by atoms with Gasteiger partial charge in [0.1, 0.15) is 0 Å². The maximum Gasteiger partial charge on any atom is 0.0945 e. The van der Waals surface area contributed by atoms with Gasteiger partial charge < -0.3 is 15.0 Å². The maximum atomic E-state index is 9.32. The van der Waals surface area contributed by atoms with Crippen molar-refractivity contribution in [3.05, 3.63) is 18.7 Å². The Morgan fingerprint density at radius 3 is 3.00 bits per heavy atom.